The highest BCUT2D eigenvalue weighted by atomic mass is 32.2. The number of ether oxygens (including phenoxy) is 1. The monoisotopic (exact) mass is 316 g/mol. The van der Waals surface area contributed by atoms with Crippen molar-refractivity contribution < 1.29 is 17.5 Å². The molecule has 0 saturated carbocycles. The Hall–Kier alpha value is -1.02. The number of nitrogens with zero attached hydrogens (tertiary/aromatic N) is 1. The molecule has 1 N–H and O–H groups in total. The van der Waals surface area contributed by atoms with Crippen LogP contribution >= 0.6 is 0 Å². The van der Waals surface area contributed by atoms with Crippen LogP contribution in [-0.4, -0.2) is 45.6 Å². The molecule has 5 nitrogen and oxygen atoms in total. The van der Waals surface area contributed by atoms with Crippen molar-refractivity contribution in [3.8, 4) is 0 Å². The maximum atomic E-state index is 13.6. The summed E-state index contributed by atoms with van der Waals surface area (Å²) in [7, 11) is -1.91. The number of morpholine rings is 1. The molecule has 1 aromatic rings. The summed E-state index contributed by atoms with van der Waals surface area (Å²) in [6.45, 7) is 3.32. The van der Waals surface area contributed by atoms with Crippen LogP contribution in [0, 0.1) is 5.82 Å². The molecule has 1 atom stereocenters. The lowest BCUT2D eigenvalue weighted by molar-refractivity contribution is -0.00278. The van der Waals surface area contributed by atoms with Crippen LogP contribution in [0.2, 0.25) is 0 Å². The molecule has 0 amide bonds. The average Bonchev–Trinajstić information content (AvgIpc) is 2.49. The Morgan fingerprint density at radius 2 is 2.24 bits per heavy atom. The van der Waals surface area contributed by atoms with E-state index < -0.39 is 15.8 Å². The summed E-state index contributed by atoms with van der Waals surface area (Å²) < 4.78 is 45.8. The van der Waals surface area contributed by atoms with E-state index in [1.807, 2.05) is 6.92 Å². The molecule has 1 saturated heterocycles. The topological polar surface area (TPSA) is 58.6 Å². The number of benzene rings is 1. The van der Waals surface area contributed by atoms with E-state index in [2.05, 4.69) is 5.32 Å². The summed E-state index contributed by atoms with van der Waals surface area (Å²) in [6, 6.07) is 3.93. The zero-order valence-corrected chi connectivity index (χ0v) is 13.1. The lowest BCUT2D eigenvalue weighted by atomic mass is 10.2. The summed E-state index contributed by atoms with van der Waals surface area (Å²) >= 11 is 0. The SMILES string of the molecule is CCC1CN(S(=O)(=O)c2ccc(F)c(CNC)c2)CCO1. The Bertz CT molecular complexity index is 592. The van der Waals surface area contributed by atoms with Crippen LogP contribution < -0.4 is 5.32 Å². The zero-order valence-electron chi connectivity index (χ0n) is 12.3. The fourth-order valence-corrected chi connectivity index (χ4v) is 3.85. The third-order valence-corrected chi connectivity index (χ3v) is 5.44. The van der Waals surface area contributed by atoms with E-state index in [4.69, 9.17) is 4.74 Å². The van der Waals surface area contributed by atoms with Gasteiger partial charge in [-0.2, -0.15) is 4.31 Å². The number of sulfonamides is 1. The first-order valence-corrected chi connectivity index (χ1v) is 8.47. The molecule has 1 aromatic carbocycles. The van der Waals surface area contributed by atoms with Gasteiger partial charge in [0.05, 0.1) is 17.6 Å². The minimum Gasteiger partial charge on any atom is -0.375 e. The number of hydrogen-bond acceptors (Lipinski definition) is 4. The van der Waals surface area contributed by atoms with Crippen LogP contribution in [0.25, 0.3) is 0 Å². The van der Waals surface area contributed by atoms with Crippen LogP contribution in [-0.2, 0) is 21.3 Å². The van der Waals surface area contributed by atoms with E-state index in [9.17, 15) is 12.8 Å². The minimum atomic E-state index is -3.60. The molecule has 118 valence electrons. The second kappa shape index (κ2) is 6.83. The summed E-state index contributed by atoms with van der Waals surface area (Å²) in [5.41, 5.74) is 0.346. The van der Waals surface area contributed by atoms with Crippen LogP contribution in [0.15, 0.2) is 23.1 Å². The Morgan fingerprint density at radius 1 is 1.48 bits per heavy atom. The normalized spacial score (nSPS) is 20.6. The van der Waals surface area contributed by atoms with Gasteiger partial charge in [-0.15, -0.1) is 0 Å². The third kappa shape index (κ3) is 3.60. The van der Waals surface area contributed by atoms with E-state index in [1.165, 1.54) is 22.5 Å². The molecule has 1 aliphatic heterocycles. The molecule has 21 heavy (non-hydrogen) atoms. The molecule has 0 aromatic heterocycles. The molecule has 1 heterocycles. The second-order valence-electron chi connectivity index (χ2n) is 5.05. The van der Waals surface area contributed by atoms with Gasteiger partial charge in [0.2, 0.25) is 10.0 Å². The molecule has 1 fully saturated rings. The second-order valence-corrected chi connectivity index (χ2v) is 6.99. The van der Waals surface area contributed by atoms with Gasteiger partial charge < -0.3 is 10.1 Å². The molecule has 0 aliphatic carbocycles. The van der Waals surface area contributed by atoms with Gasteiger partial charge in [0, 0.05) is 25.2 Å². The van der Waals surface area contributed by atoms with Gasteiger partial charge in [0.15, 0.2) is 0 Å². The van der Waals surface area contributed by atoms with E-state index in [0.29, 0.717) is 25.3 Å². The maximum Gasteiger partial charge on any atom is 0.243 e. The van der Waals surface area contributed by atoms with Crippen LogP contribution in [0.4, 0.5) is 4.39 Å². The number of rotatable bonds is 5. The Kier molecular flexibility index (Phi) is 5.32. The molecular weight excluding hydrogens is 295 g/mol. The highest BCUT2D eigenvalue weighted by Crippen LogP contribution is 2.22. The molecule has 0 spiro atoms. The Balaban J connectivity index is 2.28. The van der Waals surface area contributed by atoms with Gasteiger partial charge in [0.25, 0.3) is 0 Å². The van der Waals surface area contributed by atoms with Crippen molar-refractivity contribution in [2.75, 3.05) is 26.7 Å². The molecule has 1 aliphatic rings. The van der Waals surface area contributed by atoms with Crippen LogP contribution in [0.1, 0.15) is 18.9 Å². The van der Waals surface area contributed by atoms with Gasteiger partial charge >= 0.3 is 0 Å². The van der Waals surface area contributed by atoms with Gasteiger partial charge in [-0.3, -0.25) is 0 Å². The average molecular weight is 316 g/mol. The largest absolute Gasteiger partial charge is 0.375 e. The minimum absolute atomic E-state index is 0.0780. The molecular formula is C14H21FN2O3S. The van der Waals surface area contributed by atoms with Crippen LogP contribution in [0.5, 0.6) is 0 Å². The predicted octanol–water partition coefficient (Wildman–Crippen LogP) is 1.34. The van der Waals surface area contributed by atoms with Crippen LogP contribution in [0.3, 0.4) is 0 Å². The van der Waals surface area contributed by atoms with Crippen molar-refractivity contribution in [1.29, 1.82) is 0 Å². The Morgan fingerprint density at radius 3 is 2.90 bits per heavy atom. The van der Waals surface area contributed by atoms with E-state index in [-0.39, 0.29) is 17.5 Å². The summed E-state index contributed by atoms with van der Waals surface area (Å²) in [6.07, 6.45) is 0.686. The van der Waals surface area contributed by atoms with Crippen molar-refractivity contribution in [3.63, 3.8) is 0 Å². The Labute approximate surface area is 125 Å². The van der Waals surface area contributed by atoms with Gasteiger partial charge in [-0.25, -0.2) is 12.8 Å². The fraction of sp³-hybridized carbons (Fsp3) is 0.571. The lowest BCUT2D eigenvalue weighted by Crippen LogP contribution is -2.45. The van der Waals surface area contributed by atoms with Crippen molar-refractivity contribution in [2.45, 2.75) is 30.9 Å². The zero-order chi connectivity index (χ0) is 15.5. The van der Waals surface area contributed by atoms with Gasteiger partial charge in [-0.05, 0) is 31.7 Å². The number of hydrogen-bond donors (Lipinski definition) is 1. The van der Waals surface area contributed by atoms with Crippen molar-refractivity contribution in [2.24, 2.45) is 0 Å². The lowest BCUT2D eigenvalue weighted by Gasteiger charge is -2.31. The number of nitrogens with one attached hydrogen (secondary N) is 1. The third-order valence-electron chi connectivity index (χ3n) is 3.58. The summed E-state index contributed by atoms with van der Waals surface area (Å²) in [5.74, 6) is -0.406. The smallest absolute Gasteiger partial charge is 0.243 e. The fourth-order valence-electron chi connectivity index (χ4n) is 2.34. The first kappa shape index (κ1) is 16.4. The highest BCUT2D eigenvalue weighted by molar-refractivity contribution is 7.89. The predicted molar refractivity (Wildman–Crippen MR) is 78.0 cm³/mol. The van der Waals surface area contributed by atoms with Crippen molar-refractivity contribution in [3.05, 3.63) is 29.6 Å². The first-order valence-electron chi connectivity index (χ1n) is 7.03. The van der Waals surface area contributed by atoms with E-state index in [0.717, 1.165) is 6.42 Å². The van der Waals surface area contributed by atoms with Gasteiger partial charge in [0.1, 0.15) is 5.82 Å². The maximum absolute atomic E-state index is 13.6. The highest BCUT2D eigenvalue weighted by Gasteiger charge is 2.30. The molecule has 2 rings (SSSR count). The summed E-state index contributed by atoms with van der Waals surface area (Å²) in [4.78, 5) is 0.130. The molecule has 0 radical (unpaired) electrons. The van der Waals surface area contributed by atoms with Crippen molar-refractivity contribution >= 4 is 10.0 Å². The molecule has 1 unspecified atom stereocenters. The summed E-state index contributed by atoms with van der Waals surface area (Å²) in [5, 5.41) is 2.83. The standard InChI is InChI=1S/C14H21FN2O3S/c1-3-12-10-17(6-7-20-12)21(18,19)13-4-5-14(15)11(8-13)9-16-2/h4-5,8,12,16H,3,6-7,9-10H2,1-2H3. The quantitative estimate of drug-likeness (QED) is 0.891. The van der Waals surface area contributed by atoms with E-state index in [1.54, 1.807) is 7.05 Å². The first-order chi connectivity index (χ1) is 9.98. The molecule has 7 heteroatoms. The van der Waals surface area contributed by atoms with Gasteiger partial charge in [-0.1, -0.05) is 6.92 Å². The number of halogens is 1. The molecule has 0 bridgehead atoms. The van der Waals surface area contributed by atoms with Crippen molar-refractivity contribution in [1.82, 2.24) is 9.62 Å². The van der Waals surface area contributed by atoms with E-state index >= 15 is 0 Å².